The van der Waals surface area contributed by atoms with Gasteiger partial charge in [-0.3, -0.25) is 9.59 Å². The van der Waals surface area contributed by atoms with Crippen LogP contribution in [-0.2, 0) is 16.1 Å². The average molecular weight is 515 g/mol. The molecule has 1 heterocycles. The summed E-state index contributed by atoms with van der Waals surface area (Å²) in [5.74, 6) is 1.07. The molecule has 0 atom stereocenters. The number of nitrogens with zero attached hydrogens (tertiary/aromatic N) is 2. The van der Waals surface area contributed by atoms with Gasteiger partial charge < -0.3 is 20.9 Å². The summed E-state index contributed by atoms with van der Waals surface area (Å²) in [6.07, 6.45) is 3.93. The van der Waals surface area contributed by atoms with Gasteiger partial charge >= 0.3 is 0 Å². The fraction of sp³-hybridized carbons (Fsp3) is 0.571. The van der Waals surface area contributed by atoms with Crippen LogP contribution in [0.15, 0.2) is 29.3 Å². The molecule has 162 valence electrons. The molecule has 0 spiro atoms. The standard InChI is InChI=1S/C21H33N5O2.HI/c1-3-8-19(27)25-18-10-5-9-17(15-18)16-24-21(22-4-2)23-12-7-14-26-13-6-11-20(26)28;/h5,9-10,15H,3-4,6-8,11-14,16H2,1-2H3,(H,25,27)(H2,22,23,24);1H. The molecule has 29 heavy (non-hydrogen) atoms. The van der Waals surface area contributed by atoms with Gasteiger partial charge in [0.05, 0.1) is 6.54 Å². The van der Waals surface area contributed by atoms with Crippen molar-refractivity contribution >= 4 is 47.4 Å². The van der Waals surface area contributed by atoms with Crippen molar-refractivity contribution in [2.75, 3.05) is 31.5 Å². The maximum Gasteiger partial charge on any atom is 0.224 e. The zero-order valence-corrected chi connectivity index (χ0v) is 19.8. The quantitative estimate of drug-likeness (QED) is 0.194. The molecule has 1 aliphatic heterocycles. The van der Waals surface area contributed by atoms with Crippen molar-refractivity contribution in [2.24, 2.45) is 4.99 Å². The molecule has 0 aliphatic carbocycles. The van der Waals surface area contributed by atoms with E-state index in [0.717, 1.165) is 62.7 Å². The third kappa shape index (κ3) is 9.47. The monoisotopic (exact) mass is 515 g/mol. The summed E-state index contributed by atoms with van der Waals surface area (Å²) < 4.78 is 0. The normalized spacial score (nSPS) is 13.8. The van der Waals surface area contributed by atoms with E-state index in [9.17, 15) is 9.59 Å². The van der Waals surface area contributed by atoms with E-state index in [1.165, 1.54) is 0 Å². The van der Waals surface area contributed by atoms with Gasteiger partial charge in [0, 0.05) is 44.7 Å². The number of likely N-dealkylation sites (tertiary alicyclic amines) is 1. The highest BCUT2D eigenvalue weighted by Gasteiger charge is 2.18. The Hall–Kier alpha value is -1.84. The SMILES string of the molecule is CCCC(=O)Nc1cccc(CN=C(NCC)NCCCN2CCCC2=O)c1.I. The molecule has 1 fully saturated rings. The number of guanidine groups is 1. The number of anilines is 1. The molecular formula is C21H34IN5O2. The molecule has 8 heteroatoms. The van der Waals surface area contributed by atoms with Gasteiger partial charge in [-0.15, -0.1) is 24.0 Å². The summed E-state index contributed by atoms with van der Waals surface area (Å²) in [5.41, 5.74) is 1.84. The van der Waals surface area contributed by atoms with Crippen molar-refractivity contribution in [3.05, 3.63) is 29.8 Å². The summed E-state index contributed by atoms with van der Waals surface area (Å²) >= 11 is 0. The maximum atomic E-state index is 11.8. The molecule has 2 rings (SSSR count). The van der Waals surface area contributed by atoms with E-state index < -0.39 is 0 Å². The third-order valence-electron chi connectivity index (χ3n) is 4.52. The highest BCUT2D eigenvalue weighted by Crippen LogP contribution is 2.12. The molecule has 7 nitrogen and oxygen atoms in total. The summed E-state index contributed by atoms with van der Waals surface area (Å²) in [6.45, 7) is 7.78. The minimum absolute atomic E-state index is 0. The van der Waals surface area contributed by atoms with E-state index in [1.807, 2.05) is 43.0 Å². The van der Waals surface area contributed by atoms with Gasteiger partial charge in [-0.25, -0.2) is 4.99 Å². The lowest BCUT2D eigenvalue weighted by molar-refractivity contribution is -0.127. The van der Waals surface area contributed by atoms with Crippen molar-refractivity contribution in [3.63, 3.8) is 0 Å². The van der Waals surface area contributed by atoms with Gasteiger partial charge in [0.2, 0.25) is 11.8 Å². The van der Waals surface area contributed by atoms with Crippen LogP contribution in [0.4, 0.5) is 5.69 Å². The van der Waals surface area contributed by atoms with Crippen molar-refractivity contribution in [2.45, 2.75) is 52.5 Å². The third-order valence-corrected chi connectivity index (χ3v) is 4.52. The number of carbonyl (C=O) groups excluding carboxylic acids is 2. The van der Waals surface area contributed by atoms with E-state index in [2.05, 4.69) is 20.9 Å². The first-order valence-electron chi connectivity index (χ1n) is 10.3. The first kappa shape index (κ1) is 25.2. The van der Waals surface area contributed by atoms with Crippen LogP contribution >= 0.6 is 24.0 Å². The largest absolute Gasteiger partial charge is 0.357 e. The number of hydrogen-bond donors (Lipinski definition) is 3. The van der Waals surface area contributed by atoms with Crippen molar-refractivity contribution < 1.29 is 9.59 Å². The Bertz CT molecular complexity index is 681. The molecule has 0 unspecified atom stereocenters. The first-order chi connectivity index (χ1) is 13.6. The second kappa shape index (κ2) is 14.2. The van der Waals surface area contributed by atoms with E-state index in [0.29, 0.717) is 19.4 Å². The highest BCUT2D eigenvalue weighted by atomic mass is 127. The Labute approximate surface area is 191 Å². The molecule has 1 aromatic rings. The number of hydrogen-bond acceptors (Lipinski definition) is 3. The lowest BCUT2D eigenvalue weighted by Crippen LogP contribution is -2.39. The molecule has 0 bridgehead atoms. The number of carbonyl (C=O) groups is 2. The molecule has 3 N–H and O–H groups in total. The lowest BCUT2D eigenvalue weighted by Gasteiger charge is -2.16. The van der Waals surface area contributed by atoms with Gasteiger partial charge in [-0.1, -0.05) is 19.1 Å². The molecule has 0 aromatic heterocycles. The average Bonchev–Trinajstić information content (AvgIpc) is 3.08. The summed E-state index contributed by atoms with van der Waals surface area (Å²) in [6, 6.07) is 7.78. The smallest absolute Gasteiger partial charge is 0.224 e. The Morgan fingerprint density at radius 2 is 2.07 bits per heavy atom. The van der Waals surface area contributed by atoms with E-state index in [1.54, 1.807) is 0 Å². The highest BCUT2D eigenvalue weighted by molar-refractivity contribution is 14.0. The van der Waals surface area contributed by atoms with Gasteiger partial charge in [0.25, 0.3) is 0 Å². The minimum atomic E-state index is 0. The minimum Gasteiger partial charge on any atom is -0.357 e. The van der Waals surface area contributed by atoms with Crippen LogP contribution in [0.5, 0.6) is 0 Å². The number of amides is 2. The van der Waals surface area contributed by atoms with Gasteiger partial charge in [0.15, 0.2) is 5.96 Å². The van der Waals surface area contributed by atoms with E-state index in [-0.39, 0.29) is 35.8 Å². The second-order valence-corrected chi connectivity index (χ2v) is 6.96. The van der Waals surface area contributed by atoms with E-state index in [4.69, 9.17) is 0 Å². The van der Waals surface area contributed by atoms with E-state index >= 15 is 0 Å². The van der Waals surface area contributed by atoms with Crippen LogP contribution in [-0.4, -0.2) is 48.9 Å². The van der Waals surface area contributed by atoms with Crippen LogP contribution in [0.2, 0.25) is 0 Å². The molecule has 0 radical (unpaired) electrons. The number of benzene rings is 1. The number of rotatable bonds is 10. The molecule has 2 amide bonds. The number of halogens is 1. The predicted octanol–water partition coefficient (Wildman–Crippen LogP) is 3.11. The zero-order chi connectivity index (χ0) is 20.2. The second-order valence-electron chi connectivity index (χ2n) is 6.96. The summed E-state index contributed by atoms with van der Waals surface area (Å²) in [4.78, 5) is 30.0. The Kier molecular flexibility index (Phi) is 12.3. The summed E-state index contributed by atoms with van der Waals surface area (Å²) in [5, 5.41) is 9.48. The van der Waals surface area contributed by atoms with Gasteiger partial charge in [-0.05, 0) is 43.9 Å². The predicted molar refractivity (Wildman–Crippen MR) is 129 cm³/mol. The molecule has 1 aliphatic rings. The van der Waals surface area contributed by atoms with Crippen LogP contribution in [0.3, 0.4) is 0 Å². The van der Waals surface area contributed by atoms with Gasteiger partial charge in [0.1, 0.15) is 0 Å². The van der Waals surface area contributed by atoms with Crippen molar-refractivity contribution in [3.8, 4) is 0 Å². The molecular weight excluding hydrogens is 481 g/mol. The zero-order valence-electron chi connectivity index (χ0n) is 17.5. The lowest BCUT2D eigenvalue weighted by atomic mass is 10.2. The summed E-state index contributed by atoms with van der Waals surface area (Å²) in [7, 11) is 0. The fourth-order valence-corrected chi connectivity index (χ4v) is 3.13. The molecule has 1 saturated heterocycles. The van der Waals surface area contributed by atoms with Crippen LogP contribution < -0.4 is 16.0 Å². The van der Waals surface area contributed by atoms with Crippen LogP contribution in [0.1, 0.15) is 51.5 Å². The maximum absolute atomic E-state index is 11.8. The Morgan fingerprint density at radius 3 is 2.76 bits per heavy atom. The van der Waals surface area contributed by atoms with Crippen molar-refractivity contribution in [1.82, 2.24) is 15.5 Å². The number of aliphatic imine (C=N–C) groups is 1. The molecule has 1 aromatic carbocycles. The Morgan fingerprint density at radius 1 is 1.24 bits per heavy atom. The first-order valence-corrected chi connectivity index (χ1v) is 10.3. The van der Waals surface area contributed by atoms with Crippen LogP contribution in [0, 0.1) is 0 Å². The topological polar surface area (TPSA) is 85.8 Å². The van der Waals surface area contributed by atoms with Crippen LogP contribution in [0.25, 0.3) is 0 Å². The fourth-order valence-electron chi connectivity index (χ4n) is 3.13. The Balaban J connectivity index is 0.00000420. The molecule has 0 saturated carbocycles. The number of nitrogens with one attached hydrogen (secondary N) is 3. The van der Waals surface area contributed by atoms with Gasteiger partial charge in [-0.2, -0.15) is 0 Å². The van der Waals surface area contributed by atoms with Crippen molar-refractivity contribution in [1.29, 1.82) is 0 Å².